The monoisotopic (exact) mass is 1010 g/mol. The van der Waals surface area contributed by atoms with Crippen LogP contribution in [0, 0.1) is 0 Å². The molecule has 2 N–H and O–H groups in total. The lowest BCUT2D eigenvalue weighted by Crippen LogP contribution is -2.30. The largest absolute Gasteiger partial charge is 0.472 e. The quantitative estimate of drug-likeness (QED) is 0.0197. The standard InChI is InChI=1S/C58H105O11P/c1-4-7-10-13-16-19-21-23-25-26-27-28-30-32-34-37-40-43-46-49-58(62)69-55(51-65-56(60)47-44-41-38-35-18-15-12-9-6-3)53-67-70(63,64)66-52-54(50-59)68-57(61)48-45-42-39-36-33-31-29-24-22-20-17-14-11-8-5-2/h8,11,17,20,24,29,33,36,54-55,59H,4-7,9-10,12-16,18-19,21-23,25-28,30-32,34-35,37-53H2,1-3H3,(H,63,64)/b11-8-,20-17-,29-24-,36-33-. The molecule has 0 fully saturated rings. The number of rotatable bonds is 53. The summed E-state index contributed by atoms with van der Waals surface area (Å²) in [6.45, 7) is 4.49. The molecule has 0 aliphatic carbocycles. The van der Waals surface area contributed by atoms with E-state index in [-0.39, 0.29) is 25.9 Å². The van der Waals surface area contributed by atoms with E-state index in [9.17, 15) is 28.9 Å². The Labute approximate surface area is 428 Å². The van der Waals surface area contributed by atoms with Gasteiger partial charge in [0.2, 0.25) is 0 Å². The molecule has 0 rings (SSSR count). The van der Waals surface area contributed by atoms with E-state index in [1.807, 2.05) is 0 Å². The van der Waals surface area contributed by atoms with Gasteiger partial charge in [-0.3, -0.25) is 23.4 Å². The molecule has 0 saturated carbocycles. The first-order valence-corrected chi connectivity index (χ1v) is 30.0. The van der Waals surface area contributed by atoms with Gasteiger partial charge in [-0.1, -0.05) is 236 Å². The number of carbonyl (C=O) groups is 3. The second-order valence-electron chi connectivity index (χ2n) is 19.1. The number of ether oxygens (including phenoxy) is 3. The van der Waals surface area contributed by atoms with Gasteiger partial charge in [0.25, 0.3) is 0 Å². The molecule has 0 aliphatic heterocycles. The molecular formula is C58H105O11P. The minimum absolute atomic E-state index is 0.127. The van der Waals surface area contributed by atoms with Crippen LogP contribution in [0.3, 0.4) is 0 Å². The van der Waals surface area contributed by atoms with Crippen molar-refractivity contribution in [2.24, 2.45) is 0 Å². The number of esters is 3. The summed E-state index contributed by atoms with van der Waals surface area (Å²) in [4.78, 5) is 48.4. The van der Waals surface area contributed by atoms with Gasteiger partial charge in [-0.2, -0.15) is 0 Å². The van der Waals surface area contributed by atoms with Crippen LogP contribution in [0.25, 0.3) is 0 Å². The molecule has 408 valence electrons. The third kappa shape index (κ3) is 50.4. The summed E-state index contributed by atoms with van der Waals surface area (Å²) in [6, 6.07) is 0. The maximum absolute atomic E-state index is 12.9. The Hall–Kier alpha value is -2.56. The smallest absolute Gasteiger partial charge is 0.462 e. The van der Waals surface area contributed by atoms with Crippen LogP contribution in [0.15, 0.2) is 48.6 Å². The molecule has 0 amide bonds. The van der Waals surface area contributed by atoms with Crippen LogP contribution in [0.1, 0.15) is 265 Å². The van der Waals surface area contributed by atoms with E-state index in [2.05, 4.69) is 69.4 Å². The SMILES string of the molecule is CC/C=C\C/C=C\C/C=C\C/C=C\CCCCC(=O)OC(CO)COP(=O)(O)OCC(COC(=O)CCCCCCCCCCC)OC(=O)CCCCCCCCCCCCCCCCCCCCC. The highest BCUT2D eigenvalue weighted by Gasteiger charge is 2.28. The number of unbranched alkanes of at least 4 members (excludes halogenated alkanes) is 28. The number of aliphatic hydroxyl groups excluding tert-OH is 1. The molecule has 0 aliphatic rings. The normalized spacial score (nSPS) is 13.7. The lowest BCUT2D eigenvalue weighted by molar-refractivity contribution is -0.161. The summed E-state index contributed by atoms with van der Waals surface area (Å²) < 4.78 is 39.4. The number of hydrogen-bond donors (Lipinski definition) is 2. The number of phosphoric ester groups is 1. The number of allylic oxidation sites excluding steroid dienone is 8. The zero-order valence-corrected chi connectivity index (χ0v) is 45.9. The van der Waals surface area contributed by atoms with E-state index in [0.717, 1.165) is 77.0 Å². The number of carbonyl (C=O) groups excluding carboxylic acids is 3. The van der Waals surface area contributed by atoms with Crippen molar-refractivity contribution in [1.29, 1.82) is 0 Å². The topological polar surface area (TPSA) is 155 Å². The van der Waals surface area contributed by atoms with Crippen LogP contribution in [0.4, 0.5) is 0 Å². The minimum Gasteiger partial charge on any atom is -0.462 e. The number of phosphoric acid groups is 1. The number of aliphatic hydroxyl groups is 1. The molecule has 0 heterocycles. The highest BCUT2D eigenvalue weighted by atomic mass is 31.2. The zero-order chi connectivity index (χ0) is 51.3. The van der Waals surface area contributed by atoms with E-state index in [1.54, 1.807) is 0 Å². The van der Waals surface area contributed by atoms with Gasteiger partial charge in [-0.15, -0.1) is 0 Å². The average Bonchev–Trinajstić information content (AvgIpc) is 3.35. The van der Waals surface area contributed by atoms with Crippen LogP contribution in [0.2, 0.25) is 0 Å². The van der Waals surface area contributed by atoms with Gasteiger partial charge in [-0.25, -0.2) is 4.57 Å². The first kappa shape index (κ1) is 67.4. The fraction of sp³-hybridized carbons (Fsp3) is 0.810. The van der Waals surface area contributed by atoms with E-state index in [4.69, 9.17) is 23.3 Å². The van der Waals surface area contributed by atoms with E-state index >= 15 is 0 Å². The van der Waals surface area contributed by atoms with E-state index < -0.39 is 57.8 Å². The maximum Gasteiger partial charge on any atom is 0.472 e. The van der Waals surface area contributed by atoms with Crippen molar-refractivity contribution in [3.8, 4) is 0 Å². The van der Waals surface area contributed by atoms with Crippen molar-refractivity contribution in [2.45, 2.75) is 277 Å². The first-order valence-electron chi connectivity index (χ1n) is 28.5. The van der Waals surface area contributed by atoms with Crippen molar-refractivity contribution < 1.29 is 52.2 Å². The van der Waals surface area contributed by atoms with Crippen LogP contribution in [-0.4, -0.2) is 66.5 Å². The molecule has 70 heavy (non-hydrogen) atoms. The third-order valence-corrected chi connectivity index (χ3v) is 13.2. The van der Waals surface area contributed by atoms with Crippen LogP contribution >= 0.6 is 7.82 Å². The summed E-state index contributed by atoms with van der Waals surface area (Å²) in [5.41, 5.74) is 0. The Morgan fingerprint density at radius 1 is 0.414 bits per heavy atom. The van der Waals surface area contributed by atoms with Gasteiger partial charge in [0.05, 0.1) is 19.8 Å². The molecule has 0 aromatic rings. The van der Waals surface area contributed by atoms with Gasteiger partial charge in [0.15, 0.2) is 6.10 Å². The first-order chi connectivity index (χ1) is 34.2. The summed E-state index contributed by atoms with van der Waals surface area (Å²) >= 11 is 0. The lowest BCUT2D eigenvalue weighted by atomic mass is 10.0. The van der Waals surface area contributed by atoms with Gasteiger partial charge < -0.3 is 24.2 Å². The molecule has 11 nitrogen and oxygen atoms in total. The van der Waals surface area contributed by atoms with Crippen molar-refractivity contribution in [3.63, 3.8) is 0 Å². The molecule has 3 unspecified atom stereocenters. The predicted octanol–water partition coefficient (Wildman–Crippen LogP) is 16.6. The Kier molecular flexibility index (Phi) is 50.8. The van der Waals surface area contributed by atoms with Crippen LogP contribution in [0.5, 0.6) is 0 Å². The second kappa shape index (κ2) is 52.8. The maximum atomic E-state index is 12.9. The lowest BCUT2D eigenvalue weighted by Gasteiger charge is -2.21. The Morgan fingerprint density at radius 2 is 0.743 bits per heavy atom. The van der Waals surface area contributed by atoms with Gasteiger partial charge in [0, 0.05) is 19.3 Å². The molecular weight excluding hydrogens is 904 g/mol. The van der Waals surface area contributed by atoms with Crippen molar-refractivity contribution in [2.75, 3.05) is 26.4 Å². The zero-order valence-electron chi connectivity index (χ0n) is 45.0. The molecule has 0 aromatic carbocycles. The van der Waals surface area contributed by atoms with Crippen LogP contribution < -0.4 is 0 Å². The molecule has 3 atom stereocenters. The number of hydrogen-bond acceptors (Lipinski definition) is 10. The van der Waals surface area contributed by atoms with Gasteiger partial charge in [-0.05, 0) is 57.8 Å². The van der Waals surface area contributed by atoms with Crippen molar-refractivity contribution >= 4 is 25.7 Å². The third-order valence-electron chi connectivity index (χ3n) is 12.3. The highest BCUT2D eigenvalue weighted by Crippen LogP contribution is 2.43. The van der Waals surface area contributed by atoms with Crippen molar-refractivity contribution in [3.05, 3.63) is 48.6 Å². The molecule has 0 radical (unpaired) electrons. The second-order valence-corrected chi connectivity index (χ2v) is 20.5. The van der Waals surface area contributed by atoms with E-state index in [1.165, 1.54) is 128 Å². The van der Waals surface area contributed by atoms with E-state index in [0.29, 0.717) is 19.3 Å². The fourth-order valence-corrected chi connectivity index (χ4v) is 8.72. The minimum atomic E-state index is -4.75. The van der Waals surface area contributed by atoms with Gasteiger partial charge in [0.1, 0.15) is 12.7 Å². The average molecular weight is 1010 g/mol. The van der Waals surface area contributed by atoms with Gasteiger partial charge >= 0.3 is 25.7 Å². The summed E-state index contributed by atoms with van der Waals surface area (Å²) in [7, 11) is -4.75. The Balaban J connectivity index is 4.64. The molecule has 0 spiro atoms. The Bertz CT molecular complexity index is 1360. The summed E-state index contributed by atoms with van der Waals surface area (Å²) in [5, 5.41) is 9.79. The highest BCUT2D eigenvalue weighted by molar-refractivity contribution is 7.47. The molecule has 0 saturated heterocycles. The Morgan fingerprint density at radius 3 is 1.14 bits per heavy atom. The van der Waals surface area contributed by atoms with Crippen LogP contribution in [-0.2, 0) is 42.2 Å². The predicted molar refractivity (Wildman–Crippen MR) is 289 cm³/mol. The summed E-state index contributed by atoms with van der Waals surface area (Å²) in [6.07, 6.45) is 55.2. The van der Waals surface area contributed by atoms with Crippen molar-refractivity contribution in [1.82, 2.24) is 0 Å². The summed E-state index contributed by atoms with van der Waals surface area (Å²) in [5.74, 6) is -1.49. The molecule has 0 aromatic heterocycles. The fourth-order valence-electron chi connectivity index (χ4n) is 7.94. The molecule has 0 bridgehead atoms. The molecule has 12 heteroatoms.